The van der Waals surface area contributed by atoms with Crippen LogP contribution in [0.15, 0.2) is 41.3 Å². The number of benzene rings is 2. The number of hydrogen-bond donors (Lipinski definition) is 2. The lowest BCUT2D eigenvalue weighted by Crippen LogP contribution is -2.32. The van der Waals surface area contributed by atoms with Crippen LogP contribution in [0.5, 0.6) is 5.75 Å². The summed E-state index contributed by atoms with van der Waals surface area (Å²) in [4.78, 5) is 23.0. The molecule has 1 saturated heterocycles. The predicted octanol–water partition coefficient (Wildman–Crippen LogP) is 3.53. The van der Waals surface area contributed by atoms with Gasteiger partial charge in [-0.1, -0.05) is 18.9 Å². The molecule has 178 valence electrons. The average molecular weight is 477 g/mol. The fourth-order valence-corrected chi connectivity index (χ4v) is 5.45. The van der Waals surface area contributed by atoms with Crippen molar-refractivity contribution in [1.82, 2.24) is 4.31 Å². The first kappa shape index (κ1) is 24.5. The van der Waals surface area contributed by atoms with Gasteiger partial charge in [-0.2, -0.15) is 4.31 Å². The Morgan fingerprint density at radius 2 is 1.82 bits per heavy atom. The molecular formula is C22H28N4O6S. The van der Waals surface area contributed by atoms with Crippen molar-refractivity contribution in [3.63, 3.8) is 0 Å². The maximum Gasteiger partial charge on any atom is 0.273 e. The Kier molecular flexibility index (Phi) is 7.88. The summed E-state index contributed by atoms with van der Waals surface area (Å²) in [6.45, 7) is 2.65. The van der Waals surface area contributed by atoms with Crippen LogP contribution in [-0.4, -0.2) is 50.3 Å². The number of carbonyl (C=O) groups is 1. The molecule has 1 aliphatic heterocycles. The number of nitrogens with one attached hydrogen (secondary N) is 2. The van der Waals surface area contributed by atoms with Gasteiger partial charge in [-0.15, -0.1) is 0 Å². The zero-order chi connectivity index (χ0) is 24.0. The highest BCUT2D eigenvalue weighted by Crippen LogP contribution is 2.29. The number of rotatable bonds is 8. The molecule has 2 aromatic carbocycles. The van der Waals surface area contributed by atoms with Crippen molar-refractivity contribution in [2.45, 2.75) is 37.5 Å². The van der Waals surface area contributed by atoms with E-state index in [1.165, 1.54) is 25.3 Å². The Bertz CT molecular complexity index is 1130. The summed E-state index contributed by atoms with van der Waals surface area (Å²) in [7, 11) is -2.27. The van der Waals surface area contributed by atoms with Crippen molar-refractivity contribution < 1.29 is 22.9 Å². The minimum atomic E-state index is -3.62. The number of nitro benzene ring substituents is 1. The Labute approximate surface area is 193 Å². The molecule has 2 N–H and O–H groups in total. The monoisotopic (exact) mass is 476 g/mol. The normalized spacial score (nSPS) is 14.8. The summed E-state index contributed by atoms with van der Waals surface area (Å²) in [6.07, 6.45) is 3.76. The van der Waals surface area contributed by atoms with Gasteiger partial charge in [-0.25, -0.2) is 8.42 Å². The molecule has 1 fully saturated rings. The number of methoxy groups -OCH3 is 1. The summed E-state index contributed by atoms with van der Waals surface area (Å²) >= 11 is 0. The van der Waals surface area contributed by atoms with Crippen LogP contribution < -0.4 is 15.4 Å². The molecule has 1 heterocycles. The largest absolute Gasteiger partial charge is 0.494 e. The number of sulfonamides is 1. The van der Waals surface area contributed by atoms with Crippen LogP contribution in [-0.2, 0) is 14.8 Å². The molecule has 2 aromatic rings. The molecule has 0 radical (unpaired) electrons. The zero-order valence-corrected chi connectivity index (χ0v) is 19.5. The molecule has 0 unspecified atom stereocenters. The molecule has 3 rings (SSSR count). The summed E-state index contributed by atoms with van der Waals surface area (Å²) in [5, 5.41) is 16.5. The number of ether oxygens (including phenoxy) is 1. The van der Waals surface area contributed by atoms with Gasteiger partial charge < -0.3 is 15.4 Å². The van der Waals surface area contributed by atoms with E-state index in [4.69, 9.17) is 4.74 Å². The standard InChI is InChI=1S/C22H28N4O6S/c1-16-7-8-17(13-21(16)33(30,31)25-11-5-3-4-6-12-25)23-15-22(27)24-19-10-9-18(26(28)29)14-20(19)32-2/h7-10,13-14,23H,3-6,11-12,15H2,1-2H3,(H,24,27). The Balaban J connectivity index is 1.70. The fourth-order valence-electron chi connectivity index (χ4n) is 3.68. The van der Waals surface area contributed by atoms with Crippen LogP contribution in [0, 0.1) is 17.0 Å². The molecule has 0 atom stereocenters. The van der Waals surface area contributed by atoms with Crippen molar-refractivity contribution in [3.8, 4) is 5.75 Å². The molecule has 0 saturated carbocycles. The second-order valence-electron chi connectivity index (χ2n) is 7.84. The lowest BCUT2D eigenvalue weighted by molar-refractivity contribution is -0.384. The molecule has 0 aliphatic carbocycles. The number of nitro groups is 1. The van der Waals surface area contributed by atoms with Crippen LogP contribution in [0.2, 0.25) is 0 Å². The van der Waals surface area contributed by atoms with Gasteiger partial charge in [0.1, 0.15) is 5.75 Å². The van der Waals surface area contributed by atoms with Crippen LogP contribution in [0.25, 0.3) is 0 Å². The molecule has 10 nitrogen and oxygen atoms in total. The number of anilines is 2. The first-order valence-corrected chi connectivity index (χ1v) is 12.1. The summed E-state index contributed by atoms with van der Waals surface area (Å²) in [5.41, 5.74) is 1.29. The van der Waals surface area contributed by atoms with Gasteiger partial charge in [0, 0.05) is 24.8 Å². The van der Waals surface area contributed by atoms with E-state index < -0.39 is 20.9 Å². The van der Waals surface area contributed by atoms with Gasteiger partial charge in [-0.05, 0) is 43.5 Å². The first-order valence-electron chi connectivity index (χ1n) is 10.7. The van der Waals surface area contributed by atoms with Gasteiger partial charge in [0.05, 0.1) is 35.2 Å². The van der Waals surface area contributed by atoms with Crippen LogP contribution in [0.4, 0.5) is 17.1 Å². The lowest BCUT2D eigenvalue weighted by Gasteiger charge is -2.21. The Morgan fingerprint density at radius 1 is 1.12 bits per heavy atom. The molecule has 0 aromatic heterocycles. The van der Waals surface area contributed by atoms with E-state index in [0.717, 1.165) is 25.7 Å². The number of nitrogens with zero attached hydrogens (tertiary/aromatic N) is 2. The quantitative estimate of drug-likeness (QED) is 0.440. The smallest absolute Gasteiger partial charge is 0.273 e. The number of carbonyl (C=O) groups excluding carboxylic acids is 1. The molecule has 33 heavy (non-hydrogen) atoms. The summed E-state index contributed by atoms with van der Waals surface area (Å²) in [6, 6.07) is 8.87. The minimum absolute atomic E-state index is 0.133. The third-order valence-electron chi connectivity index (χ3n) is 5.49. The fraction of sp³-hybridized carbons (Fsp3) is 0.409. The van der Waals surface area contributed by atoms with E-state index in [1.807, 2.05) is 0 Å². The van der Waals surface area contributed by atoms with E-state index in [-0.39, 0.29) is 22.9 Å². The maximum absolute atomic E-state index is 13.2. The third-order valence-corrected chi connectivity index (χ3v) is 7.53. The van der Waals surface area contributed by atoms with Gasteiger partial charge in [0.25, 0.3) is 5.69 Å². The van der Waals surface area contributed by atoms with E-state index in [9.17, 15) is 23.3 Å². The Morgan fingerprint density at radius 3 is 2.45 bits per heavy atom. The molecule has 1 amide bonds. The predicted molar refractivity (Wildman–Crippen MR) is 125 cm³/mol. The van der Waals surface area contributed by atoms with E-state index in [2.05, 4.69) is 10.6 Å². The van der Waals surface area contributed by atoms with Crippen molar-refractivity contribution >= 4 is 33.0 Å². The van der Waals surface area contributed by atoms with Crippen molar-refractivity contribution in [3.05, 3.63) is 52.1 Å². The van der Waals surface area contributed by atoms with E-state index in [0.29, 0.717) is 30.0 Å². The van der Waals surface area contributed by atoms with Crippen molar-refractivity contribution in [1.29, 1.82) is 0 Å². The molecule has 11 heteroatoms. The average Bonchev–Trinajstić information content (AvgIpc) is 3.09. The van der Waals surface area contributed by atoms with Gasteiger partial charge in [0.15, 0.2) is 0 Å². The number of amides is 1. The topological polar surface area (TPSA) is 131 Å². The summed E-state index contributed by atoms with van der Waals surface area (Å²) < 4.78 is 33.1. The van der Waals surface area contributed by atoms with E-state index >= 15 is 0 Å². The molecular weight excluding hydrogens is 448 g/mol. The highest BCUT2D eigenvalue weighted by molar-refractivity contribution is 7.89. The van der Waals surface area contributed by atoms with E-state index in [1.54, 1.807) is 29.4 Å². The van der Waals surface area contributed by atoms with Crippen LogP contribution in [0.1, 0.15) is 31.2 Å². The maximum atomic E-state index is 13.2. The number of non-ortho nitro benzene ring substituents is 1. The van der Waals surface area contributed by atoms with Crippen LogP contribution in [0.3, 0.4) is 0 Å². The molecule has 0 bridgehead atoms. The van der Waals surface area contributed by atoms with Crippen molar-refractivity contribution in [2.75, 3.05) is 37.4 Å². The van der Waals surface area contributed by atoms with Gasteiger partial charge in [0.2, 0.25) is 15.9 Å². The number of hydrogen-bond acceptors (Lipinski definition) is 7. The highest BCUT2D eigenvalue weighted by Gasteiger charge is 2.27. The first-order chi connectivity index (χ1) is 15.7. The SMILES string of the molecule is COc1cc([N+](=O)[O-])ccc1NC(=O)CNc1ccc(C)c(S(=O)(=O)N2CCCCCC2)c1. The second kappa shape index (κ2) is 10.6. The third kappa shape index (κ3) is 5.99. The number of aryl methyl sites for hydroxylation is 1. The van der Waals surface area contributed by atoms with Crippen LogP contribution >= 0.6 is 0 Å². The minimum Gasteiger partial charge on any atom is -0.494 e. The summed E-state index contributed by atoms with van der Waals surface area (Å²) in [5.74, 6) is -0.252. The molecule has 0 spiro atoms. The van der Waals surface area contributed by atoms with Gasteiger partial charge in [-0.3, -0.25) is 14.9 Å². The Hall–Kier alpha value is -3.18. The molecule has 1 aliphatic rings. The second-order valence-corrected chi connectivity index (χ2v) is 9.75. The van der Waals surface area contributed by atoms with Crippen molar-refractivity contribution in [2.24, 2.45) is 0 Å². The van der Waals surface area contributed by atoms with Gasteiger partial charge >= 0.3 is 0 Å². The zero-order valence-electron chi connectivity index (χ0n) is 18.7. The lowest BCUT2D eigenvalue weighted by atomic mass is 10.2. The highest BCUT2D eigenvalue weighted by atomic mass is 32.2.